The van der Waals surface area contributed by atoms with Crippen LogP contribution in [0.25, 0.3) is 0 Å². The van der Waals surface area contributed by atoms with E-state index in [-0.39, 0.29) is 22.6 Å². The second kappa shape index (κ2) is 6.42. The van der Waals surface area contributed by atoms with Crippen LogP contribution in [0.4, 0.5) is 4.39 Å². The van der Waals surface area contributed by atoms with Crippen LogP contribution in [-0.2, 0) is 14.3 Å². The Hall–Kier alpha value is 0.0169. The fourth-order valence-corrected chi connectivity index (χ4v) is 4.13. The molecule has 0 aromatic heterocycles. The van der Waals surface area contributed by atoms with E-state index >= 15 is 0 Å². The number of halogens is 1. The van der Waals surface area contributed by atoms with Gasteiger partial charge in [-0.2, -0.15) is 0 Å². The number of nitrogens with zero attached hydrogens (tertiary/aromatic N) is 1. The molecule has 7 heteroatoms. The summed E-state index contributed by atoms with van der Waals surface area (Å²) in [4.78, 5) is 1.91. The normalized spacial score (nSPS) is 22.7. The van der Waals surface area contributed by atoms with E-state index in [1.807, 2.05) is 4.90 Å². The van der Waals surface area contributed by atoms with Crippen LogP contribution in [0.3, 0.4) is 0 Å². The minimum absolute atomic E-state index is 0.0963. The van der Waals surface area contributed by atoms with Gasteiger partial charge in [-0.3, -0.25) is 4.90 Å². The van der Waals surface area contributed by atoms with E-state index in [2.05, 4.69) is 33.9 Å². The molecule has 4 nitrogen and oxygen atoms in total. The first kappa shape index (κ1) is 18.1. The Morgan fingerprint density at radius 2 is 1.75 bits per heavy atom. The largest absolute Gasteiger partial charge is 0.415 e. The van der Waals surface area contributed by atoms with E-state index in [4.69, 9.17) is 4.43 Å². The molecule has 1 saturated heterocycles. The molecule has 0 radical (unpaired) electrons. The number of rotatable bonds is 5. The lowest BCUT2D eigenvalue weighted by molar-refractivity contribution is 0.113. The van der Waals surface area contributed by atoms with Gasteiger partial charge in [0.1, 0.15) is 6.67 Å². The highest BCUT2D eigenvalue weighted by Gasteiger charge is 2.38. The summed E-state index contributed by atoms with van der Waals surface area (Å²) in [5, 5.41) is 0.0963. The third-order valence-electron chi connectivity index (χ3n) is 4.52. The standard InChI is InChI=1S/C13H28FNO3SSi/c1-13(2,3)20(4,5)18-11-12(10-14)15-6-8-19(16,17)9-7-15/h12H,6-11H2,1-5H3. The minimum Gasteiger partial charge on any atom is -0.415 e. The minimum atomic E-state index is -2.92. The third-order valence-corrected chi connectivity index (χ3v) is 10.6. The summed E-state index contributed by atoms with van der Waals surface area (Å²) < 4.78 is 42.1. The molecule has 1 atom stereocenters. The molecule has 0 amide bonds. The van der Waals surface area contributed by atoms with Crippen molar-refractivity contribution in [1.29, 1.82) is 0 Å². The molecule has 1 rings (SSSR count). The van der Waals surface area contributed by atoms with Gasteiger partial charge in [0.2, 0.25) is 0 Å². The monoisotopic (exact) mass is 325 g/mol. The highest BCUT2D eigenvalue weighted by atomic mass is 32.2. The number of sulfone groups is 1. The highest BCUT2D eigenvalue weighted by Crippen LogP contribution is 2.36. The Morgan fingerprint density at radius 3 is 2.15 bits per heavy atom. The molecule has 0 aliphatic carbocycles. The van der Waals surface area contributed by atoms with Crippen molar-refractivity contribution < 1.29 is 17.2 Å². The van der Waals surface area contributed by atoms with E-state index in [9.17, 15) is 12.8 Å². The second-order valence-electron chi connectivity index (χ2n) is 7.07. The van der Waals surface area contributed by atoms with Crippen molar-refractivity contribution in [2.45, 2.75) is 44.9 Å². The van der Waals surface area contributed by atoms with Crippen LogP contribution in [0, 0.1) is 0 Å². The summed E-state index contributed by atoms with van der Waals surface area (Å²) in [6.07, 6.45) is 0. The molecule has 1 unspecified atom stereocenters. The van der Waals surface area contributed by atoms with Gasteiger partial charge in [0, 0.05) is 13.1 Å². The Bertz CT molecular complexity index is 406. The van der Waals surface area contributed by atoms with E-state index in [1.165, 1.54) is 0 Å². The van der Waals surface area contributed by atoms with E-state index in [1.54, 1.807) is 0 Å². The summed E-state index contributed by atoms with van der Waals surface area (Å²) in [7, 11) is -4.81. The molecule has 0 aromatic rings. The topological polar surface area (TPSA) is 46.6 Å². The van der Waals surface area contributed by atoms with Crippen molar-refractivity contribution in [2.75, 3.05) is 37.9 Å². The zero-order chi connectivity index (χ0) is 15.6. The Kier molecular flexibility index (Phi) is 5.80. The van der Waals surface area contributed by atoms with Gasteiger partial charge in [-0.25, -0.2) is 12.8 Å². The molecule has 1 aliphatic heterocycles. The van der Waals surface area contributed by atoms with Crippen molar-refractivity contribution in [3.63, 3.8) is 0 Å². The second-order valence-corrected chi connectivity index (χ2v) is 14.2. The number of hydrogen-bond acceptors (Lipinski definition) is 4. The average molecular weight is 326 g/mol. The lowest BCUT2D eigenvalue weighted by atomic mass is 10.2. The van der Waals surface area contributed by atoms with Gasteiger partial charge < -0.3 is 4.43 Å². The molecule has 0 saturated carbocycles. The predicted octanol–water partition coefficient (Wildman–Crippen LogP) is 2.08. The van der Waals surface area contributed by atoms with Gasteiger partial charge in [-0.05, 0) is 18.1 Å². The Balaban J connectivity index is 2.57. The first-order valence-corrected chi connectivity index (χ1v) is 11.9. The molecule has 0 aromatic carbocycles. The van der Waals surface area contributed by atoms with Crippen LogP contribution in [0.5, 0.6) is 0 Å². The van der Waals surface area contributed by atoms with Crippen LogP contribution < -0.4 is 0 Å². The van der Waals surface area contributed by atoms with E-state index in [0.717, 1.165) is 0 Å². The summed E-state index contributed by atoms with van der Waals surface area (Å²) in [5.74, 6) is 0.257. The van der Waals surface area contributed by atoms with Gasteiger partial charge in [-0.1, -0.05) is 20.8 Å². The molecule has 20 heavy (non-hydrogen) atoms. The van der Waals surface area contributed by atoms with Crippen molar-refractivity contribution in [3.05, 3.63) is 0 Å². The predicted molar refractivity (Wildman–Crippen MR) is 83.1 cm³/mol. The lowest BCUT2D eigenvalue weighted by Gasteiger charge is -2.39. The maximum Gasteiger partial charge on any atom is 0.192 e. The smallest absolute Gasteiger partial charge is 0.192 e. The summed E-state index contributed by atoms with van der Waals surface area (Å²) >= 11 is 0. The maximum atomic E-state index is 13.3. The molecule has 0 bridgehead atoms. The van der Waals surface area contributed by atoms with Crippen molar-refractivity contribution in [3.8, 4) is 0 Å². The Labute approximate surface area is 123 Å². The van der Waals surface area contributed by atoms with Gasteiger partial charge in [0.05, 0.1) is 24.2 Å². The van der Waals surface area contributed by atoms with Crippen LogP contribution in [0.1, 0.15) is 20.8 Å². The molecule has 120 valence electrons. The molecule has 0 spiro atoms. The van der Waals surface area contributed by atoms with Crippen molar-refractivity contribution >= 4 is 18.2 Å². The van der Waals surface area contributed by atoms with E-state index < -0.39 is 24.8 Å². The summed E-state index contributed by atoms with van der Waals surface area (Å²) in [6, 6.07) is -0.320. The van der Waals surface area contributed by atoms with Crippen LogP contribution in [0.15, 0.2) is 0 Å². The fraction of sp³-hybridized carbons (Fsp3) is 1.00. The lowest BCUT2D eigenvalue weighted by Crippen LogP contribution is -2.51. The fourth-order valence-electron chi connectivity index (χ4n) is 1.86. The SMILES string of the molecule is CC(C)(C)[Si](C)(C)OCC(CF)N1CCS(=O)(=O)CC1. The zero-order valence-electron chi connectivity index (χ0n) is 13.3. The highest BCUT2D eigenvalue weighted by molar-refractivity contribution is 7.91. The summed E-state index contributed by atoms with van der Waals surface area (Å²) in [6.45, 7) is 11.4. The number of hydrogen-bond donors (Lipinski definition) is 0. The summed E-state index contributed by atoms with van der Waals surface area (Å²) in [5.41, 5.74) is 0. The van der Waals surface area contributed by atoms with Gasteiger partial charge >= 0.3 is 0 Å². The Morgan fingerprint density at radius 1 is 1.25 bits per heavy atom. The molecule has 0 N–H and O–H groups in total. The number of alkyl halides is 1. The van der Waals surface area contributed by atoms with Crippen LogP contribution >= 0.6 is 0 Å². The van der Waals surface area contributed by atoms with Crippen molar-refractivity contribution in [1.82, 2.24) is 4.90 Å². The molecule has 1 heterocycles. The quantitative estimate of drug-likeness (QED) is 0.726. The zero-order valence-corrected chi connectivity index (χ0v) is 15.1. The molecule has 1 fully saturated rings. The first-order chi connectivity index (χ1) is 8.98. The molecular formula is C13H28FNO3SSi. The van der Waals surface area contributed by atoms with Gasteiger partial charge in [0.25, 0.3) is 0 Å². The maximum absolute atomic E-state index is 13.3. The third kappa shape index (κ3) is 4.79. The first-order valence-electron chi connectivity index (χ1n) is 7.13. The molecular weight excluding hydrogens is 297 g/mol. The van der Waals surface area contributed by atoms with Gasteiger partial charge in [-0.15, -0.1) is 0 Å². The average Bonchev–Trinajstić information content (AvgIpc) is 2.30. The van der Waals surface area contributed by atoms with Crippen LogP contribution in [0.2, 0.25) is 18.1 Å². The van der Waals surface area contributed by atoms with E-state index in [0.29, 0.717) is 19.7 Å². The van der Waals surface area contributed by atoms with Crippen LogP contribution in [-0.4, -0.2) is 65.6 Å². The van der Waals surface area contributed by atoms with Gasteiger partial charge in [0.15, 0.2) is 18.2 Å². The van der Waals surface area contributed by atoms with Crippen molar-refractivity contribution in [2.24, 2.45) is 0 Å². The molecule has 1 aliphatic rings.